The molecule has 0 amide bonds. The summed E-state index contributed by atoms with van der Waals surface area (Å²) in [6.07, 6.45) is 9.17. The van der Waals surface area contributed by atoms with Crippen molar-refractivity contribution in [2.24, 2.45) is 0 Å². The molecule has 0 aromatic carbocycles. The Morgan fingerprint density at radius 3 is 2.71 bits per heavy atom. The van der Waals surface area contributed by atoms with Gasteiger partial charge in [-0.15, -0.1) is 0 Å². The highest BCUT2D eigenvalue weighted by Gasteiger charge is 2.20. The Labute approximate surface area is 142 Å². The van der Waals surface area contributed by atoms with Crippen molar-refractivity contribution in [1.82, 2.24) is 15.3 Å². The Balaban J connectivity index is 1.87. The first-order valence-corrected chi connectivity index (χ1v) is 8.39. The third-order valence-corrected chi connectivity index (χ3v) is 4.41. The number of aromatic nitrogens is 2. The Hall–Kier alpha value is -2.40. The van der Waals surface area contributed by atoms with Gasteiger partial charge in [0.25, 0.3) is 0 Å². The highest BCUT2D eigenvalue weighted by atomic mass is 16.3. The third-order valence-electron chi connectivity index (χ3n) is 4.41. The quantitative estimate of drug-likeness (QED) is 0.788. The zero-order chi connectivity index (χ0) is 17.1. The third kappa shape index (κ3) is 3.26. The Morgan fingerprint density at radius 2 is 2.00 bits per heavy atom. The van der Waals surface area contributed by atoms with Crippen LogP contribution in [-0.4, -0.2) is 34.3 Å². The second kappa shape index (κ2) is 7.01. The molecule has 1 aliphatic heterocycles. The summed E-state index contributed by atoms with van der Waals surface area (Å²) in [5.74, 6) is 0.833. The number of aliphatic hydroxyl groups excluding tert-OH is 1. The highest BCUT2D eigenvalue weighted by molar-refractivity contribution is 5.88. The zero-order valence-corrected chi connectivity index (χ0v) is 14.4. The smallest absolute Gasteiger partial charge is 0.126 e. The van der Waals surface area contributed by atoms with Gasteiger partial charge in [0.05, 0.1) is 17.8 Å². The summed E-state index contributed by atoms with van der Waals surface area (Å²) in [6, 6.07) is 4.00. The second-order valence-electron chi connectivity index (χ2n) is 6.19. The number of pyridine rings is 2. The predicted octanol–water partition coefficient (Wildman–Crippen LogP) is 3.09. The number of nitrogens with one attached hydrogen (secondary N) is 2. The second-order valence-corrected chi connectivity index (χ2v) is 6.19. The van der Waals surface area contributed by atoms with Crippen molar-refractivity contribution in [3.63, 3.8) is 0 Å². The van der Waals surface area contributed by atoms with Gasteiger partial charge in [0, 0.05) is 42.0 Å². The van der Waals surface area contributed by atoms with E-state index >= 15 is 0 Å². The summed E-state index contributed by atoms with van der Waals surface area (Å²) in [7, 11) is 1.85. The van der Waals surface area contributed by atoms with Crippen LogP contribution in [0.3, 0.4) is 0 Å². The number of anilines is 1. The van der Waals surface area contributed by atoms with Crippen molar-refractivity contribution in [3.05, 3.63) is 48.1 Å². The van der Waals surface area contributed by atoms with Gasteiger partial charge in [0.2, 0.25) is 0 Å². The van der Waals surface area contributed by atoms with Crippen LogP contribution in [0.15, 0.2) is 42.4 Å². The summed E-state index contributed by atoms with van der Waals surface area (Å²) in [5, 5.41) is 18.6. The summed E-state index contributed by atoms with van der Waals surface area (Å²) in [6.45, 7) is 4.14. The minimum absolute atomic E-state index is 0.0333. The first-order valence-electron chi connectivity index (χ1n) is 8.39. The number of rotatable bonds is 5. The van der Waals surface area contributed by atoms with E-state index < -0.39 is 0 Å². The van der Waals surface area contributed by atoms with E-state index in [1.165, 1.54) is 0 Å². The van der Waals surface area contributed by atoms with Crippen LogP contribution in [-0.2, 0) is 0 Å². The molecular weight excluding hydrogens is 300 g/mol. The summed E-state index contributed by atoms with van der Waals surface area (Å²) >= 11 is 0. The van der Waals surface area contributed by atoms with Crippen LogP contribution in [0.2, 0.25) is 0 Å². The largest absolute Gasteiger partial charge is 0.391 e. The molecule has 0 spiro atoms. The molecule has 1 aliphatic rings. The van der Waals surface area contributed by atoms with Crippen LogP contribution >= 0.6 is 0 Å². The van der Waals surface area contributed by atoms with E-state index in [1.54, 1.807) is 0 Å². The number of allylic oxidation sites excluding steroid dienone is 2. The van der Waals surface area contributed by atoms with Crippen LogP contribution in [0, 0.1) is 0 Å². The Morgan fingerprint density at radius 1 is 1.25 bits per heavy atom. The molecule has 0 saturated heterocycles. The average Bonchev–Trinajstić information content (AvgIpc) is 2.61. The topological polar surface area (TPSA) is 70.1 Å². The SMILES string of the molecule is CCCC(O)C1C=C(C)C(c2cc3cnc(NC)cc3cn2)=CN1. The van der Waals surface area contributed by atoms with Crippen LogP contribution in [0.4, 0.5) is 5.82 Å². The average molecular weight is 324 g/mol. The molecule has 3 heterocycles. The minimum Gasteiger partial charge on any atom is -0.391 e. The minimum atomic E-state index is -0.364. The number of dihydropyridines is 1. The maximum absolute atomic E-state index is 10.2. The molecule has 3 N–H and O–H groups in total. The van der Waals surface area contributed by atoms with Crippen molar-refractivity contribution >= 4 is 22.2 Å². The van der Waals surface area contributed by atoms with E-state index in [0.717, 1.165) is 46.3 Å². The van der Waals surface area contributed by atoms with Gasteiger partial charge in [0.15, 0.2) is 0 Å². The van der Waals surface area contributed by atoms with Crippen LogP contribution in [0.5, 0.6) is 0 Å². The van der Waals surface area contributed by atoms with Gasteiger partial charge in [-0.1, -0.05) is 19.4 Å². The maximum atomic E-state index is 10.2. The molecule has 5 nitrogen and oxygen atoms in total. The predicted molar refractivity (Wildman–Crippen MR) is 98.7 cm³/mol. The lowest BCUT2D eigenvalue weighted by molar-refractivity contribution is 0.140. The molecule has 2 atom stereocenters. The molecule has 2 aromatic rings. The molecule has 0 fully saturated rings. The Kier molecular flexibility index (Phi) is 4.81. The molecule has 0 bridgehead atoms. The van der Waals surface area contributed by atoms with Gasteiger partial charge < -0.3 is 15.7 Å². The number of hydrogen-bond donors (Lipinski definition) is 3. The fourth-order valence-corrected chi connectivity index (χ4v) is 3.00. The van der Waals surface area contributed by atoms with Crippen LogP contribution in [0.25, 0.3) is 16.3 Å². The van der Waals surface area contributed by atoms with E-state index in [1.807, 2.05) is 31.7 Å². The van der Waals surface area contributed by atoms with Crippen LogP contribution < -0.4 is 10.6 Å². The molecule has 2 aromatic heterocycles. The van der Waals surface area contributed by atoms with Crippen molar-refractivity contribution < 1.29 is 5.11 Å². The standard InChI is InChI=1S/C19H24N4O/c1-4-5-18(24)17-6-12(2)15(11-22-17)16-7-13-10-23-19(20-3)8-14(13)9-21-16/h6-11,17-18,22,24H,4-5H2,1-3H3,(H,20,23). The number of fused-ring (bicyclic) bond motifs is 1. The molecule has 0 aliphatic carbocycles. The van der Waals surface area contributed by atoms with E-state index in [0.29, 0.717) is 0 Å². The highest BCUT2D eigenvalue weighted by Crippen LogP contribution is 2.27. The molecule has 0 radical (unpaired) electrons. The summed E-state index contributed by atoms with van der Waals surface area (Å²) in [5.41, 5.74) is 3.08. The number of aliphatic hydroxyl groups is 1. The van der Waals surface area contributed by atoms with Gasteiger partial charge in [-0.05, 0) is 31.1 Å². The monoisotopic (exact) mass is 324 g/mol. The first kappa shape index (κ1) is 16.5. The van der Waals surface area contributed by atoms with E-state index in [2.05, 4.69) is 46.6 Å². The maximum Gasteiger partial charge on any atom is 0.126 e. The fourth-order valence-electron chi connectivity index (χ4n) is 3.00. The molecule has 126 valence electrons. The lowest BCUT2D eigenvalue weighted by Crippen LogP contribution is -2.37. The van der Waals surface area contributed by atoms with E-state index in [4.69, 9.17) is 0 Å². The van der Waals surface area contributed by atoms with Gasteiger partial charge in [0.1, 0.15) is 5.82 Å². The van der Waals surface area contributed by atoms with Crippen molar-refractivity contribution in [2.45, 2.75) is 38.8 Å². The Bertz CT molecular complexity index is 797. The lowest BCUT2D eigenvalue weighted by Gasteiger charge is -2.26. The molecule has 3 rings (SSSR count). The molecule has 0 saturated carbocycles. The van der Waals surface area contributed by atoms with E-state index in [-0.39, 0.29) is 12.1 Å². The summed E-state index contributed by atoms with van der Waals surface area (Å²) < 4.78 is 0. The molecule has 5 heteroatoms. The van der Waals surface area contributed by atoms with Crippen molar-refractivity contribution in [1.29, 1.82) is 0 Å². The fraction of sp³-hybridized carbons (Fsp3) is 0.368. The molecular formula is C19H24N4O. The van der Waals surface area contributed by atoms with Gasteiger partial charge in [-0.3, -0.25) is 4.98 Å². The number of hydrogen-bond acceptors (Lipinski definition) is 5. The summed E-state index contributed by atoms with van der Waals surface area (Å²) in [4.78, 5) is 8.96. The zero-order valence-electron chi connectivity index (χ0n) is 14.4. The van der Waals surface area contributed by atoms with Gasteiger partial charge in [-0.2, -0.15) is 0 Å². The van der Waals surface area contributed by atoms with Crippen molar-refractivity contribution in [2.75, 3.05) is 12.4 Å². The van der Waals surface area contributed by atoms with Gasteiger partial charge >= 0.3 is 0 Å². The molecule has 2 unspecified atom stereocenters. The normalized spacial score (nSPS) is 18.6. The number of nitrogens with zero attached hydrogens (tertiary/aromatic N) is 2. The first-order chi connectivity index (χ1) is 11.6. The lowest BCUT2D eigenvalue weighted by atomic mass is 9.95. The van der Waals surface area contributed by atoms with E-state index in [9.17, 15) is 5.11 Å². The molecule has 24 heavy (non-hydrogen) atoms. The van der Waals surface area contributed by atoms with Crippen LogP contribution in [0.1, 0.15) is 32.4 Å². The van der Waals surface area contributed by atoms with Gasteiger partial charge in [-0.25, -0.2) is 4.98 Å². The van der Waals surface area contributed by atoms with Crippen molar-refractivity contribution in [3.8, 4) is 0 Å².